The summed E-state index contributed by atoms with van der Waals surface area (Å²) in [5, 5.41) is 6.85. The fourth-order valence-electron chi connectivity index (χ4n) is 3.15. The minimum Gasteiger partial charge on any atom is -0.459 e. The van der Waals surface area contributed by atoms with Crippen LogP contribution in [0.1, 0.15) is 39.4 Å². The van der Waals surface area contributed by atoms with Crippen molar-refractivity contribution in [3.8, 4) is 5.69 Å². The molecule has 156 valence electrons. The van der Waals surface area contributed by atoms with Gasteiger partial charge in [-0.3, -0.25) is 9.59 Å². The third-order valence-electron chi connectivity index (χ3n) is 5.09. The molecule has 1 atom stereocenters. The van der Waals surface area contributed by atoms with Crippen molar-refractivity contribution >= 4 is 17.5 Å². The van der Waals surface area contributed by atoms with E-state index in [9.17, 15) is 9.59 Å². The van der Waals surface area contributed by atoms with Crippen LogP contribution in [0.5, 0.6) is 0 Å². The normalized spacial score (nSPS) is 11.7. The number of carbonyl (C=O) groups excluding carboxylic acids is 2. The Bertz CT molecular complexity index is 1150. The standard InChI is InChI=1S/C23H21N5O3/c1-16(17-7-11-20(12-8-17)28-15-24-14-25-28)27(2)23(30)18-5-9-19(10-6-18)26-22(29)21-4-3-13-31-21/h3-16H,1-2H3,(H,26,29)/t16-/m0/s1. The van der Waals surface area contributed by atoms with Gasteiger partial charge in [0.15, 0.2) is 5.76 Å². The van der Waals surface area contributed by atoms with Gasteiger partial charge in [0.25, 0.3) is 11.8 Å². The fraction of sp³-hybridized carbons (Fsp3) is 0.130. The topological polar surface area (TPSA) is 93.3 Å². The molecule has 0 bridgehead atoms. The van der Waals surface area contributed by atoms with Crippen LogP contribution in [0.15, 0.2) is 84.0 Å². The molecule has 0 radical (unpaired) electrons. The zero-order chi connectivity index (χ0) is 21.8. The Balaban J connectivity index is 1.41. The van der Waals surface area contributed by atoms with Gasteiger partial charge < -0.3 is 14.6 Å². The van der Waals surface area contributed by atoms with E-state index >= 15 is 0 Å². The quantitative estimate of drug-likeness (QED) is 0.515. The van der Waals surface area contributed by atoms with E-state index in [1.54, 1.807) is 59.4 Å². The van der Waals surface area contributed by atoms with Gasteiger partial charge in [-0.1, -0.05) is 12.1 Å². The van der Waals surface area contributed by atoms with Crippen molar-refractivity contribution in [3.05, 3.63) is 96.5 Å². The maximum atomic E-state index is 12.9. The number of carbonyl (C=O) groups is 2. The Morgan fingerprint density at radius 1 is 1.06 bits per heavy atom. The van der Waals surface area contributed by atoms with Crippen LogP contribution in [-0.4, -0.2) is 38.5 Å². The monoisotopic (exact) mass is 415 g/mol. The van der Waals surface area contributed by atoms with E-state index in [1.807, 2.05) is 31.2 Å². The molecule has 2 amide bonds. The van der Waals surface area contributed by atoms with E-state index < -0.39 is 0 Å². The summed E-state index contributed by atoms with van der Waals surface area (Å²) in [5.41, 5.74) is 3.01. The number of anilines is 1. The van der Waals surface area contributed by atoms with E-state index in [4.69, 9.17) is 4.42 Å². The lowest BCUT2D eigenvalue weighted by molar-refractivity contribution is 0.0742. The predicted octanol–water partition coefficient (Wildman–Crippen LogP) is 3.95. The molecule has 2 heterocycles. The van der Waals surface area contributed by atoms with E-state index in [0.717, 1.165) is 11.3 Å². The van der Waals surface area contributed by atoms with E-state index in [2.05, 4.69) is 15.4 Å². The van der Waals surface area contributed by atoms with E-state index in [-0.39, 0.29) is 23.6 Å². The largest absolute Gasteiger partial charge is 0.459 e. The summed E-state index contributed by atoms with van der Waals surface area (Å²) in [6.45, 7) is 1.97. The number of hydrogen-bond donors (Lipinski definition) is 1. The summed E-state index contributed by atoms with van der Waals surface area (Å²) in [6, 6.07) is 17.7. The molecular weight excluding hydrogens is 394 g/mol. The van der Waals surface area contributed by atoms with E-state index in [0.29, 0.717) is 11.3 Å². The van der Waals surface area contributed by atoms with Gasteiger partial charge in [-0.2, -0.15) is 5.10 Å². The molecular formula is C23H21N5O3. The lowest BCUT2D eigenvalue weighted by Crippen LogP contribution is -2.29. The van der Waals surface area contributed by atoms with Crippen molar-refractivity contribution in [1.29, 1.82) is 0 Å². The van der Waals surface area contributed by atoms with Gasteiger partial charge >= 0.3 is 0 Å². The zero-order valence-corrected chi connectivity index (χ0v) is 17.1. The van der Waals surface area contributed by atoms with E-state index in [1.165, 1.54) is 12.6 Å². The first-order valence-electron chi connectivity index (χ1n) is 9.70. The average molecular weight is 415 g/mol. The minimum atomic E-state index is -0.343. The lowest BCUT2D eigenvalue weighted by Gasteiger charge is -2.25. The Morgan fingerprint density at radius 2 is 1.81 bits per heavy atom. The SMILES string of the molecule is C[C@@H](c1ccc(-n2cncn2)cc1)N(C)C(=O)c1ccc(NC(=O)c2ccco2)cc1. The molecule has 4 aromatic rings. The molecule has 0 fully saturated rings. The highest BCUT2D eigenvalue weighted by Gasteiger charge is 2.19. The van der Waals surface area contributed by atoms with Gasteiger partial charge in [-0.25, -0.2) is 9.67 Å². The molecule has 31 heavy (non-hydrogen) atoms. The smallest absolute Gasteiger partial charge is 0.291 e. The van der Waals surface area contributed by atoms with Crippen LogP contribution in [0.25, 0.3) is 5.69 Å². The van der Waals surface area contributed by atoms with Gasteiger partial charge in [-0.05, 0) is 61.0 Å². The summed E-state index contributed by atoms with van der Waals surface area (Å²) >= 11 is 0. The summed E-state index contributed by atoms with van der Waals surface area (Å²) in [7, 11) is 1.77. The van der Waals surface area contributed by atoms with Crippen molar-refractivity contribution in [1.82, 2.24) is 19.7 Å². The maximum absolute atomic E-state index is 12.9. The van der Waals surface area contributed by atoms with Crippen molar-refractivity contribution in [3.63, 3.8) is 0 Å². The first-order chi connectivity index (χ1) is 15.0. The lowest BCUT2D eigenvalue weighted by atomic mass is 10.1. The van der Waals surface area contributed by atoms with Gasteiger partial charge in [0, 0.05) is 18.3 Å². The predicted molar refractivity (Wildman–Crippen MR) is 115 cm³/mol. The molecule has 2 aromatic carbocycles. The molecule has 0 aliphatic carbocycles. The Morgan fingerprint density at radius 3 is 2.42 bits per heavy atom. The summed E-state index contributed by atoms with van der Waals surface area (Å²) in [5.74, 6) is -0.232. The molecule has 8 heteroatoms. The number of nitrogens with one attached hydrogen (secondary N) is 1. The minimum absolute atomic E-state index is 0.114. The van der Waals surface area contributed by atoms with Crippen LogP contribution in [-0.2, 0) is 0 Å². The first kappa shape index (κ1) is 20.1. The van der Waals surface area contributed by atoms with Crippen LogP contribution in [0, 0.1) is 0 Å². The van der Waals surface area contributed by atoms with Gasteiger partial charge in [0.05, 0.1) is 18.0 Å². The molecule has 0 saturated heterocycles. The number of aromatic nitrogens is 3. The van der Waals surface area contributed by atoms with Crippen LogP contribution in [0.3, 0.4) is 0 Å². The van der Waals surface area contributed by atoms with Crippen molar-refractivity contribution in [2.24, 2.45) is 0 Å². The van der Waals surface area contributed by atoms with Crippen LogP contribution in [0.2, 0.25) is 0 Å². The molecule has 0 saturated carbocycles. The Kier molecular flexibility index (Phi) is 5.61. The van der Waals surface area contributed by atoms with Crippen molar-refractivity contribution in [2.75, 3.05) is 12.4 Å². The third kappa shape index (κ3) is 4.37. The number of furan rings is 1. The highest BCUT2D eigenvalue weighted by atomic mass is 16.3. The second kappa shape index (κ2) is 8.66. The van der Waals surface area contributed by atoms with Crippen LogP contribution in [0.4, 0.5) is 5.69 Å². The van der Waals surface area contributed by atoms with Gasteiger partial charge in [-0.15, -0.1) is 0 Å². The second-order valence-electron chi connectivity index (χ2n) is 7.03. The molecule has 0 aliphatic rings. The fourth-order valence-corrected chi connectivity index (χ4v) is 3.15. The molecule has 0 unspecified atom stereocenters. The summed E-state index contributed by atoms with van der Waals surface area (Å²) in [4.78, 5) is 30.6. The van der Waals surface area contributed by atoms with Gasteiger partial charge in [0.2, 0.25) is 0 Å². The molecule has 2 aromatic heterocycles. The Labute approximate surface area is 179 Å². The molecule has 4 rings (SSSR count). The molecule has 1 N–H and O–H groups in total. The van der Waals surface area contributed by atoms with Gasteiger partial charge in [0.1, 0.15) is 12.7 Å². The first-order valence-corrected chi connectivity index (χ1v) is 9.70. The summed E-state index contributed by atoms with van der Waals surface area (Å²) < 4.78 is 6.75. The number of hydrogen-bond acceptors (Lipinski definition) is 5. The third-order valence-corrected chi connectivity index (χ3v) is 5.09. The summed E-state index contributed by atoms with van der Waals surface area (Å²) in [6.07, 6.45) is 4.56. The number of rotatable bonds is 6. The Hall–Kier alpha value is -4.20. The van der Waals surface area contributed by atoms with Crippen molar-refractivity contribution < 1.29 is 14.0 Å². The highest BCUT2D eigenvalue weighted by molar-refractivity contribution is 6.02. The highest BCUT2D eigenvalue weighted by Crippen LogP contribution is 2.22. The molecule has 0 spiro atoms. The van der Waals surface area contributed by atoms with Crippen LogP contribution >= 0.6 is 0 Å². The van der Waals surface area contributed by atoms with Crippen molar-refractivity contribution in [2.45, 2.75) is 13.0 Å². The molecule has 0 aliphatic heterocycles. The maximum Gasteiger partial charge on any atom is 0.291 e. The molecule has 8 nitrogen and oxygen atoms in total. The number of amides is 2. The average Bonchev–Trinajstić information content (AvgIpc) is 3.53. The number of nitrogens with zero attached hydrogens (tertiary/aromatic N) is 4. The second-order valence-corrected chi connectivity index (χ2v) is 7.03. The zero-order valence-electron chi connectivity index (χ0n) is 17.1. The van der Waals surface area contributed by atoms with Crippen LogP contribution < -0.4 is 5.32 Å². The number of benzene rings is 2.